The van der Waals surface area contributed by atoms with Gasteiger partial charge in [0, 0.05) is 10.6 Å². The van der Waals surface area contributed by atoms with Crippen LogP contribution in [-0.2, 0) is 0 Å². The third-order valence-electron chi connectivity index (χ3n) is 3.88. The standard InChI is InChI=1S/C21H17ClN2O3/c1-27-19-9-5-4-8-18(19)24-21(26)16-6-2-3-7-17(16)23-20(25)14-10-12-15(22)13-11-14/h2-13H,1H3,(H,23,25)(H,24,26). The Bertz CT molecular complexity index is 971. The van der Waals surface area contributed by atoms with Crippen LogP contribution < -0.4 is 15.4 Å². The van der Waals surface area contributed by atoms with Crippen molar-refractivity contribution in [1.82, 2.24) is 0 Å². The first kappa shape index (κ1) is 18.5. The fourth-order valence-corrected chi connectivity index (χ4v) is 2.65. The second-order valence-electron chi connectivity index (χ2n) is 5.66. The van der Waals surface area contributed by atoms with Crippen molar-refractivity contribution in [2.45, 2.75) is 0 Å². The lowest BCUT2D eigenvalue weighted by Gasteiger charge is -2.13. The van der Waals surface area contributed by atoms with Crippen LogP contribution in [0.3, 0.4) is 0 Å². The molecule has 0 unspecified atom stereocenters. The molecule has 5 nitrogen and oxygen atoms in total. The number of rotatable bonds is 5. The van der Waals surface area contributed by atoms with E-state index in [0.717, 1.165) is 0 Å². The molecule has 0 aromatic heterocycles. The molecule has 3 rings (SSSR count). The normalized spacial score (nSPS) is 10.1. The van der Waals surface area contributed by atoms with E-state index in [1.54, 1.807) is 66.7 Å². The summed E-state index contributed by atoms with van der Waals surface area (Å²) in [5, 5.41) is 6.12. The fraction of sp³-hybridized carbons (Fsp3) is 0.0476. The van der Waals surface area contributed by atoms with Crippen molar-refractivity contribution < 1.29 is 14.3 Å². The highest BCUT2D eigenvalue weighted by Gasteiger charge is 2.15. The fourth-order valence-electron chi connectivity index (χ4n) is 2.52. The molecule has 136 valence electrons. The zero-order valence-electron chi connectivity index (χ0n) is 14.5. The van der Waals surface area contributed by atoms with Crippen LogP contribution in [0, 0.1) is 0 Å². The van der Waals surface area contributed by atoms with Gasteiger partial charge in [-0.2, -0.15) is 0 Å². The van der Waals surface area contributed by atoms with E-state index in [9.17, 15) is 9.59 Å². The van der Waals surface area contributed by atoms with Crippen molar-refractivity contribution >= 4 is 34.8 Å². The minimum atomic E-state index is -0.355. The number of halogens is 1. The lowest BCUT2D eigenvalue weighted by atomic mass is 10.1. The van der Waals surface area contributed by atoms with Gasteiger partial charge >= 0.3 is 0 Å². The van der Waals surface area contributed by atoms with Crippen LogP contribution in [0.5, 0.6) is 5.75 Å². The smallest absolute Gasteiger partial charge is 0.257 e. The van der Waals surface area contributed by atoms with E-state index in [4.69, 9.17) is 16.3 Å². The highest BCUT2D eigenvalue weighted by atomic mass is 35.5. The van der Waals surface area contributed by atoms with Gasteiger partial charge in [0.15, 0.2) is 0 Å². The summed E-state index contributed by atoms with van der Waals surface area (Å²) in [5.41, 5.74) is 1.73. The lowest BCUT2D eigenvalue weighted by Crippen LogP contribution is -2.18. The maximum atomic E-state index is 12.7. The topological polar surface area (TPSA) is 67.4 Å². The molecule has 0 aliphatic rings. The van der Waals surface area contributed by atoms with Gasteiger partial charge in [0.2, 0.25) is 0 Å². The minimum absolute atomic E-state index is 0.329. The van der Waals surface area contributed by atoms with Gasteiger partial charge in [0.1, 0.15) is 5.75 Å². The molecule has 0 saturated heterocycles. The first-order chi connectivity index (χ1) is 13.1. The number of hydrogen-bond donors (Lipinski definition) is 2. The Balaban J connectivity index is 1.82. The monoisotopic (exact) mass is 380 g/mol. The molecular weight excluding hydrogens is 364 g/mol. The number of hydrogen-bond acceptors (Lipinski definition) is 3. The molecule has 0 radical (unpaired) electrons. The number of carbonyl (C=O) groups excluding carboxylic acids is 2. The number of para-hydroxylation sites is 3. The highest BCUT2D eigenvalue weighted by Crippen LogP contribution is 2.25. The second-order valence-corrected chi connectivity index (χ2v) is 6.10. The number of carbonyl (C=O) groups is 2. The summed E-state index contributed by atoms with van der Waals surface area (Å²) in [6.45, 7) is 0. The molecule has 27 heavy (non-hydrogen) atoms. The van der Waals surface area contributed by atoms with Crippen molar-refractivity contribution in [3.8, 4) is 5.75 Å². The van der Waals surface area contributed by atoms with Gasteiger partial charge in [-0.3, -0.25) is 9.59 Å². The molecule has 3 aromatic carbocycles. The molecule has 0 heterocycles. The van der Waals surface area contributed by atoms with Crippen molar-refractivity contribution in [2.24, 2.45) is 0 Å². The predicted molar refractivity (Wildman–Crippen MR) is 107 cm³/mol. The highest BCUT2D eigenvalue weighted by molar-refractivity contribution is 6.30. The van der Waals surface area contributed by atoms with E-state index in [-0.39, 0.29) is 11.8 Å². The number of nitrogens with one attached hydrogen (secondary N) is 2. The second kappa shape index (κ2) is 8.38. The van der Waals surface area contributed by atoms with E-state index in [1.807, 2.05) is 6.07 Å². The Morgan fingerprint density at radius 1 is 0.778 bits per heavy atom. The summed E-state index contributed by atoms with van der Waals surface area (Å²) >= 11 is 5.85. The van der Waals surface area contributed by atoms with Crippen LogP contribution in [0.15, 0.2) is 72.8 Å². The van der Waals surface area contributed by atoms with Crippen molar-refractivity contribution in [3.05, 3.63) is 88.9 Å². The molecule has 2 amide bonds. The van der Waals surface area contributed by atoms with Gasteiger partial charge in [-0.15, -0.1) is 0 Å². The van der Waals surface area contributed by atoms with E-state index in [2.05, 4.69) is 10.6 Å². The van der Waals surface area contributed by atoms with Gasteiger partial charge < -0.3 is 15.4 Å². The van der Waals surface area contributed by atoms with E-state index in [0.29, 0.717) is 33.3 Å². The largest absolute Gasteiger partial charge is 0.495 e. The Hall–Kier alpha value is -3.31. The Labute approximate surface area is 161 Å². The molecule has 0 fully saturated rings. The molecule has 0 atom stereocenters. The first-order valence-corrected chi connectivity index (χ1v) is 8.56. The first-order valence-electron chi connectivity index (χ1n) is 8.19. The summed E-state index contributed by atoms with van der Waals surface area (Å²) in [6, 6.07) is 20.4. The average Bonchev–Trinajstić information content (AvgIpc) is 2.69. The lowest BCUT2D eigenvalue weighted by molar-refractivity contribution is 0.102. The van der Waals surface area contributed by atoms with E-state index < -0.39 is 0 Å². The third-order valence-corrected chi connectivity index (χ3v) is 4.13. The number of amides is 2. The Kier molecular flexibility index (Phi) is 5.74. The average molecular weight is 381 g/mol. The molecule has 2 N–H and O–H groups in total. The van der Waals surface area contributed by atoms with Gasteiger partial charge in [-0.05, 0) is 48.5 Å². The predicted octanol–water partition coefficient (Wildman–Crippen LogP) is 4.85. The zero-order valence-corrected chi connectivity index (χ0v) is 15.3. The van der Waals surface area contributed by atoms with Gasteiger partial charge in [-0.25, -0.2) is 0 Å². The van der Waals surface area contributed by atoms with E-state index >= 15 is 0 Å². The van der Waals surface area contributed by atoms with Gasteiger partial charge in [-0.1, -0.05) is 35.9 Å². The molecule has 0 aliphatic heterocycles. The number of ether oxygens (including phenoxy) is 1. The molecular formula is C21H17ClN2O3. The molecule has 0 spiro atoms. The third kappa shape index (κ3) is 4.46. The van der Waals surface area contributed by atoms with Crippen LogP contribution in [0.25, 0.3) is 0 Å². The number of benzene rings is 3. The number of anilines is 2. The van der Waals surface area contributed by atoms with Crippen LogP contribution in [-0.4, -0.2) is 18.9 Å². The molecule has 0 aliphatic carbocycles. The summed E-state index contributed by atoms with van der Waals surface area (Å²) in [7, 11) is 1.53. The van der Waals surface area contributed by atoms with Gasteiger partial charge in [0.05, 0.1) is 24.0 Å². The van der Waals surface area contributed by atoms with Gasteiger partial charge in [0.25, 0.3) is 11.8 Å². The number of methoxy groups -OCH3 is 1. The molecule has 0 bridgehead atoms. The summed E-state index contributed by atoms with van der Waals surface area (Å²) in [6.07, 6.45) is 0. The van der Waals surface area contributed by atoms with Crippen molar-refractivity contribution in [3.63, 3.8) is 0 Å². The van der Waals surface area contributed by atoms with Crippen LogP contribution >= 0.6 is 11.6 Å². The molecule has 0 saturated carbocycles. The Morgan fingerprint density at radius 3 is 2.07 bits per heavy atom. The van der Waals surface area contributed by atoms with E-state index in [1.165, 1.54) is 7.11 Å². The SMILES string of the molecule is COc1ccccc1NC(=O)c1ccccc1NC(=O)c1ccc(Cl)cc1. The quantitative estimate of drug-likeness (QED) is 0.664. The van der Waals surface area contributed by atoms with Crippen molar-refractivity contribution in [1.29, 1.82) is 0 Å². The maximum absolute atomic E-state index is 12.7. The molecule has 6 heteroatoms. The van der Waals surface area contributed by atoms with Crippen LogP contribution in [0.2, 0.25) is 5.02 Å². The zero-order chi connectivity index (χ0) is 19.2. The summed E-state index contributed by atoms with van der Waals surface area (Å²) in [5.74, 6) is -0.135. The molecule has 3 aromatic rings. The summed E-state index contributed by atoms with van der Waals surface area (Å²) in [4.78, 5) is 25.2. The minimum Gasteiger partial charge on any atom is -0.495 e. The maximum Gasteiger partial charge on any atom is 0.257 e. The van der Waals surface area contributed by atoms with Crippen LogP contribution in [0.4, 0.5) is 11.4 Å². The summed E-state index contributed by atoms with van der Waals surface area (Å²) < 4.78 is 5.25. The van der Waals surface area contributed by atoms with Crippen LogP contribution in [0.1, 0.15) is 20.7 Å². The Morgan fingerprint density at radius 2 is 1.37 bits per heavy atom. The van der Waals surface area contributed by atoms with Crippen molar-refractivity contribution in [2.75, 3.05) is 17.7 Å².